The van der Waals surface area contributed by atoms with Crippen LogP contribution in [-0.4, -0.2) is 12.6 Å². The van der Waals surface area contributed by atoms with E-state index < -0.39 is 0 Å². The van der Waals surface area contributed by atoms with Crippen LogP contribution in [0, 0.1) is 0 Å². The third-order valence-corrected chi connectivity index (χ3v) is 2.69. The van der Waals surface area contributed by atoms with Crippen LogP contribution in [0.4, 0.5) is 0 Å². The van der Waals surface area contributed by atoms with Crippen molar-refractivity contribution in [1.82, 2.24) is 0 Å². The summed E-state index contributed by atoms with van der Waals surface area (Å²) in [6.45, 7) is 2.19. The minimum Gasteiger partial charge on any atom is -0.463 e. The van der Waals surface area contributed by atoms with Gasteiger partial charge >= 0.3 is 5.97 Å². The van der Waals surface area contributed by atoms with E-state index in [0.29, 0.717) is 6.61 Å². The first-order chi connectivity index (χ1) is 9.29. The molecule has 0 saturated carbocycles. The zero-order chi connectivity index (χ0) is 13.5. The van der Waals surface area contributed by atoms with Crippen LogP contribution in [0.25, 0.3) is 17.2 Å². The standard InChI is InChI=1S/C17H16O2/c1-2-19-17(18)12-11-14-7-6-10-16(13-14)15-8-4-3-5-9-15/h3-13H,2H2,1H3/b12-11+. The molecule has 0 atom stereocenters. The third-order valence-electron chi connectivity index (χ3n) is 2.69. The second-order valence-electron chi connectivity index (χ2n) is 4.08. The largest absolute Gasteiger partial charge is 0.463 e. The van der Waals surface area contributed by atoms with Crippen LogP contribution < -0.4 is 0 Å². The van der Waals surface area contributed by atoms with Crippen molar-refractivity contribution in [3.8, 4) is 11.1 Å². The SMILES string of the molecule is CCOC(=O)/C=C/c1cccc(-c2ccccc2)c1. The van der Waals surface area contributed by atoms with Gasteiger partial charge in [-0.05, 0) is 35.8 Å². The lowest BCUT2D eigenvalue weighted by Crippen LogP contribution is -1.98. The van der Waals surface area contributed by atoms with E-state index in [-0.39, 0.29) is 5.97 Å². The van der Waals surface area contributed by atoms with Crippen LogP contribution in [-0.2, 0) is 9.53 Å². The second-order valence-corrected chi connectivity index (χ2v) is 4.08. The van der Waals surface area contributed by atoms with Gasteiger partial charge in [0, 0.05) is 6.08 Å². The van der Waals surface area contributed by atoms with Crippen molar-refractivity contribution in [1.29, 1.82) is 0 Å². The molecule has 0 heterocycles. The number of hydrogen-bond donors (Lipinski definition) is 0. The van der Waals surface area contributed by atoms with Crippen molar-refractivity contribution in [2.24, 2.45) is 0 Å². The summed E-state index contributed by atoms with van der Waals surface area (Å²) in [6.07, 6.45) is 3.22. The number of rotatable bonds is 4. The van der Waals surface area contributed by atoms with Crippen molar-refractivity contribution in [3.63, 3.8) is 0 Å². The van der Waals surface area contributed by atoms with E-state index >= 15 is 0 Å². The highest BCUT2D eigenvalue weighted by Crippen LogP contribution is 2.20. The van der Waals surface area contributed by atoms with E-state index in [9.17, 15) is 4.79 Å². The number of carbonyl (C=O) groups is 1. The van der Waals surface area contributed by atoms with Gasteiger partial charge in [-0.25, -0.2) is 4.79 Å². The van der Waals surface area contributed by atoms with E-state index in [2.05, 4.69) is 18.2 Å². The van der Waals surface area contributed by atoms with Gasteiger partial charge < -0.3 is 4.74 Å². The normalized spacial score (nSPS) is 10.6. The molecule has 0 spiro atoms. The van der Waals surface area contributed by atoms with Gasteiger partial charge in [-0.2, -0.15) is 0 Å². The molecule has 0 unspecified atom stereocenters. The van der Waals surface area contributed by atoms with E-state index in [1.54, 1.807) is 13.0 Å². The molecule has 0 radical (unpaired) electrons. The molecule has 0 aliphatic carbocycles. The molecule has 0 aliphatic rings. The van der Waals surface area contributed by atoms with Gasteiger partial charge in [0.2, 0.25) is 0 Å². The fourth-order valence-electron chi connectivity index (χ4n) is 1.81. The van der Waals surface area contributed by atoms with Crippen LogP contribution in [0.1, 0.15) is 12.5 Å². The minimum atomic E-state index is -0.312. The van der Waals surface area contributed by atoms with Crippen molar-refractivity contribution >= 4 is 12.0 Å². The summed E-state index contributed by atoms with van der Waals surface area (Å²) in [6, 6.07) is 18.2. The highest BCUT2D eigenvalue weighted by Gasteiger charge is 1.98. The molecule has 0 bridgehead atoms. The van der Waals surface area contributed by atoms with Crippen molar-refractivity contribution in [2.45, 2.75) is 6.92 Å². The topological polar surface area (TPSA) is 26.3 Å². The molecule has 2 aromatic rings. The maximum absolute atomic E-state index is 11.3. The van der Waals surface area contributed by atoms with Gasteiger partial charge in [-0.1, -0.05) is 48.5 Å². The van der Waals surface area contributed by atoms with Gasteiger partial charge in [0.15, 0.2) is 0 Å². The molecular weight excluding hydrogens is 236 g/mol. The maximum Gasteiger partial charge on any atom is 0.330 e. The lowest BCUT2D eigenvalue weighted by molar-refractivity contribution is -0.137. The molecule has 0 saturated heterocycles. The zero-order valence-corrected chi connectivity index (χ0v) is 10.9. The van der Waals surface area contributed by atoms with Gasteiger partial charge in [0.25, 0.3) is 0 Å². The summed E-state index contributed by atoms with van der Waals surface area (Å²) in [7, 11) is 0. The molecule has 2 aromatic carbocycles. The molecule has 0 fully saturated rings. The predicted molar refractivity (Wildman–Crippen MR) is 77.5 cm³/mol. The van der Waals surface area contributed by atoms with Gasteiger partial charge in [-0.3, -0.25) is 0 Å². The monoisotopic (exact) mass is 252 g/mol. The quantitative estimate of drug-likeness (QED) is 0.608. The third kappa shape index (κ3) is 3.81. The summed E-state index contributed by atoms with van der Waals surface area (Å²) in [4.78, 5) is 11.3. The zero-order valence-electron chi connectivity index (χ0n) is 10.9. The van der Waals surface area contributed by atoms with E-state index in [4.69, 9.17) is 4.74 Å². The average Bonchev–Trinajstić information content (AvgIpc) is 2.47. The van der Waals surface area contributed by atoms with Crippen LogP contribution in [0.3, 0.4) is 0 Å². The lowest BCUT2D eigenvalue weighted by Gasteiger charge is -2.02. The van der Waals surface area contributed by atoms with E-state index in [1.165, 1.54) is 6.08 Å². The number of benzene rings is 2. The molecular formula is C17H16O2. The Morgan fingerprint density at radius 1 is 1.05 bits per heavy atom. The van der Waals surface area contributed by atoms with E-state index in [1.807, 2.05) is 36.4 Å². The maximum atomic E-state index is 11.3. The number of hydrogen-bond acceptors (Lipinski definition) is 2. The van der Waals surface area contributed by atoms with Crippen molar-refractivity contribution in [3.05, 3.63) is 66.2 Å². The molecule has 0 N–H and O–H groups in total. The van der Waals surface area contributed by atoms with Crippen LogP contribution in [0.2, 0.25) is 0 Å². The molecule has 2 nitrogen and oxygen atoms in total. The Kier molecular flexibility index (Phi) is 4.51. The van der Waals surface area contributed by atoms with Crippen LogP contribution in [0.5, 0.6) is 0 Å². The Morgan fingerprint density at radius 2 is 1.79 bits per heavy atom. The van der Waals surface area contributed by atoms with E-state index in [0.717, 1.165) is 16.7 Å². The molecule has 19 heavy (non-hydrogen) atoms. The molecule has 0 aromatic heterocycles. The van der Waals surface area contributed by atoms with Crippen LogP contribution in [0.15, 0.2) is 60.7 Å². The smallest absolute Gasteiger partial charge is 0.330 e. The summed E-state index contributed by atoms with van der Waals surface area (Å²) in [5.41, 5.74) is 3.27. The number of ether oxygens (including phenoxy) is 1. The first-order valence-corrected chi connectivity index (χ1v) is 6.30. The Bertz CT molecular complexity index is 571. The number of esters is 1. The molecule has 2 heteroatoms. The van der Waals surface area contributed by atoms with Crippen molar-refractivity contribution < 1.29 is 9.53 Å². The van der Waals surface area contributed by atoms with Gasteiger partial charge in [0.1, 0.15) is 0 Å². The Hall–Kier alpha value is -2.35. The fraction of sp³-hybridized carbons (Fsp3) is 0.118. The summed E-state index contributed by atoms with van der Waals surface area (Å²) in [5.74, 6) is -0.312. The minimum absolute atomic E-state index is 0.312. The number of carbonyl (C=O) groups excluding carboxylic acids is 1. The Labute approximate surface area is 113 Å². The second kappa shape index (κ2) is 6.55. The van der Waals surface area contributed by atoms with Gasteiger partial charge in [0.05, 0.1) is 6.61 Å². The molecule has 0 aliphatic heterocycles. The summed E-state index contributed by atoms with van der Waals surface area (Å²) in [5, 5.41) is 0. The fourth-order valence-corrected chi connectivity index (χ4v) is 1.81. The summed E-state index contributed by atoms with van der Waals surface area (Å²) >= 11 is 0. The summed E-state index contributed by atoms with van der Waals surface area (Å²) < 4.78 is 4.85. The Morgan fingerprint density at radius 3 is 2.53 bits per heavy atom. The average molecular weight is 252 g/mol. The molecule has 2 rings (SSSR count). The first-order valence-electron chi connectivity index (χ1n) is 6.30. The predicted octanol–water partition coefficient (Wildman–Crippen LogP) is 3.93. The molecule has 96 valence electrons. The highest BCUT2D eigenvalue weighted by molar-refractivity contribution is 5.87. The lowest BCUT2D eigenvalue weighted by atomic mass is 10.0. The van der Waals surface area contributed by atoms with Crippen LogP contribution >= 0.6 is 0 Å². The Balaban J connectivity index is 2.18. The molecule has 0 amide bonds. The van der Waals surface area contributed by atoms with Crippen molar-refractivity contribution in [2.75, 3.05) is 6.61 Å². The highest BCUT2D eigenvalue weighted by atomic mass is 16.5. The van der Waals surface area contributed by atoms with Gasteiger partial charge in [-0.15, -0.1) is 0 Å². The first kappa shape index (κ1) is 13.1.